The van der Waals surface area contributed by atoms with Crippen molar-refractivity contribution in [2.45, 2.75) is 12.3 Å². The number of aryl methyl sites for hydroxylation is 1. The average molecular weight is 287 g/mol. The first kappa shape index (κ1) is 13.3. The van der Waals surface area contributed by atoms with Gasteiger partial charge < -0.3 is 0 Å². The maximum absolute atomic E-state index is 13.6. The van der Waals surface area contributed by atoms with Crippen LogP contribution in [0.3, 0.4) is 0 Å². The van der Waals surface area contributed by atoms with Gasteiger partial charge in [0.2, 0.25) is 0 Å². The lowest BCUT2D eigenvalue weighted by atomic mass is 10.0. The second-order valence-corrected chi connectivity index (χ2v) is 4.82. The van der Waals surface area contributed by atoms with Gasteiger partial charge in [-0.3, -0.25) is 0 Å². The van der Waals surface area contributed by atoms with E-state index < -0.39 is 17.0 Å². The number of hydrogen-bond acceptors (Lipinski definition) is 0. The highest BCUT2D eigenvalue weighted by atomic mass is 35.5. The summed E-state index contributed by atoms with van der Waals surface area (Å²) in [5.41, 5.74) is 1.50. The Morgan fingerprint density at radius 2 is 1.78 bits per heavy atom. The van der Waals surface area contributed by atoms with Gasteiger partial charge in [-0.05, 0) is 36.2 Å². The molecule has 0 radical (unpaired) electrons. The molecule has 0 saturated carbocycles. The van der Waals surface area contributed by atoms with E-state index in [2.05, 4.69) is 0 Å². The minimum absolute atomic E-state index is 0.0872. The van der Waals surface area contributed by atoms with Gasteiger partial charge >= 0.3 is 0 Å². The summed E-state index contributed by atoms with van der Waals surface area (Å²) in [4.78, 5) is 0. The zero-order valence-corrected chi connectivity index (χ0v) is 11.1. The topological polar surface area (TPSA) is 0 Å². The molecule has 2 aromatic rings. The third-order valence-electron chi connectivity index (χ3n) is 2.73. The van der Waals surface area contributed by atoms with Crippen molar-refractivity contribution < 1.29 is 8.78 Å². The van der Waals surface area contributed by atoms with Gasteiger partial charge in [0.15, 0.2) is 0 Å². The molecule has 0 saturated heterocycles. The Labute approximate surface area is 114 Å². The molecule has 0 heterocycles. The summed E-state index contributed by atoms with van der Waals surface area (Å²) < 4.78 is 26.8. The Morgan fingerprint density at radius 1 is 1.06 bits per heavy atom. The molecular weight excluding hydrogens is 277 g/mol. The van der Waals surface area contributed by atoms with Crippen LogP contribution in [0.1, 0.15) is 22.1 Å². The van der Waals surface area contributed by atoms with E-state index >= 15 is 0 Å². The van der Waals surface area contributed by atoms with E-state index in [-0.39, 0.29) is 5.56 Å². The molecule has 0 aromatic heterocycles. The molecule has 2 rings (SSSR count). The van der Waals surface area contributed by atoms with Crippen molar-refractivity contribution in [3.8, 4) is 0 Å². The number of benzene rings is 2. The highest BCUT2D eigenvalue weighted by molar-refractivity contribution is 6.33. The summed E-state index contributed by atoms with van der Waals surface area (Å²) in [5, 5.41) is -0.339. The Bertz CT molecular complexity index is 580. The SMILES string of the molecule is Cc1cccc(C(Cl)c2cc(F)ccc2F)c1Cl. The molecule has 0 aliphatic rings. The van der Waals surface area contributed by atoms with Crippen LogP contribution in [0.2, 0.25) is 5.02 Å². The summed E-state index contributed by atoms with van der Waals surface area (Å²) in [6.07, 6.45) is 0. The molecule has 0 N–H and O–H groups in total. The van der Waals surface area contributed by atoms with E-state index in [9.17, 15) is 8.78 Å². The van der Waals surface area contributed by atoms with Gasteiger partial charge in [0.25, 0.3) is 0 Å². The first-order chi connectivity index (χ1) is 8.50. The fraction of sp³-hybridized carbons (Fsp3) is 0.143. The van der Waals surface area contributed by atoms with Crippen LogP contribution < -0.4 is 0 Å². The fourth-order valence-corrected chi connectivity index (χ4v) is 2.38. The number of hydrogen-bond donors (Lipinski definition) is 0. The van der Waals surface area contributed by atoms with Crippen molar-refractivity contribution in [2.75, 3.05) is 0 Å². The Balaban J connectivity index is 2.51. The van der Waals surface area contributed by atoms with Gasteiger partial charge in [0, 0.05) is 10.6 Å². The van der Waals surface area contributed by atoms with E-state index in [1.165, 1.54) is 0 Å². The minimum atomic E-state index is -0.812. The summed E-state index contributed by atoms with van der Waals surface area (Å²) >= 11 is 12.3. The third-order valence-corrected chi connectivity index (χ3v) is 3.71. The molecule has 0 amide bonds. The zero-order chi connectivity index (χ0) is 13.3. The Kier molecular flexibility index (Phi) is 3.88. The monoisotopic (exact) mass is 286 g/mol. The maximum Gasteiger partial charge on any atom is 0.128 e. The van der Waals surface area contributed by atoms with Crippen LogP contribution in [0, 0.1) is 18.6 Å². The molecule has 0 nitrogen and oxygen atoms in total. The largest absolute Gasteiger partial charge is 0.207 e. The van der Waals surface area contributed by atoms with Crippen molar-refractivity contribution in [3.63, 3.8) is 0 Å². The van der Waals surface area contributed by atoms with Crippen LogP contribution in [-0.2, 0) is 0 Å². The van der Waals surface area contributed by atoms with Crippen molar-refractivity contribution in [1.82, 2.24) is 0 Å². The molecule has 18 heavy (non-hydrogen) atoms. The van der Waals surface area contributed by atoms with Gasteiger partial charge in [-0.1, -0.05) is 29.8 Å². The number of alkyl halides is 1. The van der Waals surface area contributed by atoms with Gasteiger partial charge in [-0.2, -0.15) is 0 Å². The van der Waals surface area contributed by atoms with Crippen molar-refractivity contribution in [1.29, 1.82) is 0 Å². The Hall–Kier alpha value is -1.12. The maximum atomic E-state index is 13.6. The predicted octanol–water partition coefficient (Wildman–Crippen LogP) is 5.25. The molecule has 0 bridgehead atoms. The molecule has 0 aliphatic carbocycles. The van der Waals surface area contributed by atoms with Crippen molar-refractivity contribution in [2.24, 2.45) is 0 Å². The number of rotatable bonds is 2. The highest BCUT2D eigenvalue weighted by Gasteiger charge is 2.19. The summed E-state index contributed by atoms with van der Waals surface area (Å²) in [7, 11) is 0. The first-order valence-corrected chi connectivity index (χ1v) is 6.16. The van der Waals surface area contributed by atoms with E-state index in [1.54, 1.807) is 12.1 Å². The summed E-state index contributed by atoms with van der Waals surface area (Å²) in [5.74, 6) is -1.07. The quantitative estimate of drug-likeness (QED) is 0.661. The van der Waals surface area contributed by atoms with Crippen LogP contribution in [-0.4, -0.2) is 0 Å². The Morgan fingerprint density at radius 3 is 2.50 bits per heavy atom. The first-order valence-electron chi connectivity index (χ1n) is 5.34. The predicted molar refractivity (Wildman–Crippen MR) is 70.2 cm³/mol. The molecule has 0 spiro atoms. The molecule has 0 aliphatic heterocycles. The van der Waals surface area contributed by atoms with E-state index in [1.807, 2.05) is 13.0 Å². The molecule has 4 heteroatoms. The fourth-order valence-electron chi connectivity index (χ4n) is 1.74. The molecule has 2 aromatic carbocycles. The number of halogens is 4. The lowest BCUT2D eigenvalue weighted by molar-refractivity contribution is 0.587. The van der Waals surface area contributed by atoms with Crippen LogP contribution >= 0.6 is 23.2 Å². The minimum Gasteiger partial charge on any atom is -0.207 e. The summed E-state index contributed by atoms with van der Waals surface area (Å²) in [6.45, 7) is 1.83. The second kappa shape index (κ2) is 5.25. The van der Waals surface area contributed by atoms with Crippen molar-refractivity contribution in [3.05, 3.63) is 69.7 Å². The van der Waals surface area contributed by atoms with Gasteiger partial charge in [0.1, 0.15) is 11.6 Å². The van der Waals surface area contributed by atoms with E-state index in [4.69, 9.17) is 23.2 Å². The standard InChI is InChI=1S/C14H10Cl2F2/c1-8-3-2-4-10(13(8)15)14(16)11-7-9(17)5-6-12(11)18/h2-7,14H,1H3. The molecular formula is C14H10Cl2F2. The molecule has 94 valence electrons. The zero-order valence-electron chi connectivity index (χ0n) is 9.55. The van der Waals surface area contributed by atoms with Crippen LogP contribution in [0.25, 0.3) is 0 Å². The van der Waals surface area contributed by atoms with Gasteiger partial charge in [0.05, 0.1) is 5.38 Å². The molecule has 1 unspecified atom stereocenters. The highest BCUT2D eigenvalue weighted by Crippen LogP contribution is 2.36. The lowest BCUT2D eigenvalue weighted by Crippen LogP contribution is -1.99. The molecule has 1 atom stereocenters. The van der Waals surface area contributed by atoms with Crippen LogP contribution in [0.4, 0.5) is 8.78 Å². The third kappa shape index (κ3) is 2.50. The average Bonchev–Trinajstić information content (AvgIpc) is 2.35. The van der Waals surface area contributed by atoms with E-state index in [0.717, 1.165) is 23.8 Å². The molecule has 0 fully saturated rings. The normalized spacial score (nSPS) is 12.5. The van der Waals surface area contributed by atoms with Crippen LogP contribution in [0.5, 0.6) is 0 Å². The lowest BCUT2D eigenvalue weighted by Gasteiger charge is -2.14. The van der Waals surface area contributed by atoms with Gasteiger partial charge in [-0.15, -0.1) is 11.6 Å². The van der Waals surface area contributed by atoms with Crippen LogP contribution in [0.15, 0.2) is 36.4 Å². The summed E-state index contributed by atoms with van der Waals surface area (Å²) in [6, 6.07) is 8.52. The van der Waals surface area contributed by atoms with Crippen molar-refractivity contribution >= 4 is 23.2 Å². The van der Waals surface area contributed by atoms with Gasteiger partial charge in [-0.25, -0.2) is 8.78 Å². The van der Waals surface area contributed by atoms with E-state index in [0.29, 0.717) is 10.6 Å². The second-order valence-electron chi connectivity index (χ2n) is 4.01. The smallest absolute Gasteiger partial charge is 0.128 e.